The number of carbonyl (C=O) groups is 2. The molecule has 0 saturated carbocycles. The zero-order valence-electron chi connectivity index (χ0n) is 15.1. The van der Waals surface area contributed by atoms with E-state index in [1.165, 1.54) is 35.3 Å². The average molecular weight is 383 g/mol. The summed E-state index contributed by atoms with van der Waals surface area (Å²) in [5, 5.41) is 20.3. The molecule has 0 aliphatic rings. The fourth-order valence-electron chi connectivity index (χ4n) is 2.60. The Balaban J connectivity index is 1.78. The summed E-state index contributed by atoms with van der Waals surface area (Å²) in [5.74, 6) is -0.467. The van der Waals surface area contributed by atoms with Crippen molar-refractivity contribution in [3.8, 4) is 0 Å². The molecule has 2 heterocycles. The van der Waals surface area contributed by atoms with Crippen molar-refractivity contribution in [2.75, 3.05) is 5.32 Å². The van der Waals surface area contributed by atoms with E-state index < -0.39 is 16.7 Å². The van der Waals surface area contributed by atoms with Crippen LogP contribution in [0.3, 0.4) is 0 Å². The van der Waals surface area contributed by atoms with Gasteiger partial charge in [0.25, 0.3) is 17.5 Å². The topological polar surface area (TPSA) is 132 Å². The van der Waals surface area contributed by atoms with Crippen LogP contribution in [0.25, 0.3) is 0 Å². The number of nitrogens with one attached hydrogen (secondary N) is 2. The van der Waals surface area contributed by atoms with Crippen molar-refractivity contribution in [1.82, 2.24) is 15.1 Å². The van der Waals surface area contributed by atoms with Crippen molar-refractivity contribution in [3.63, 3.8) is 0 Å². The lowest BCUT2D eigenvalue weighted by molar-refractivity contribution is -0.385. The van der Waals surface area contributed by atoms with E-state index in [-0.39, 0.29) is 29.2 Å². The highest BCUT2D eigenvalue weighted by atomic mass is 16.6. The first-order valence-corrected chi connectivity index (χ1v) is 8.26. The van der Waals surface area contributed by atoms with Gasteiger partial charge >= 0.3 is 0 Å². The van der Waals surface area contributed by atoms with Gasteiger partial charge in [0.1, 0.15) is 11.5 Å². The first kappa shape index (κ1) is 18.8. The van der Waals surface area contributed by atoms with E-state index in [1.54, 1.807) is 26.1 Å². The van der Waals surface area contributed by atoms with Gasteiger partial charge in [-0.25, -0.2) is 0 Å². The maximum Gasteiger partial charge on any atom is 0.273 e. The number of amides is 2. The normalized spacial score (nSPS) is 10.5. The van der Waals surface area contributed by atoms with E-state index >= 15 is 0 Å². The van der Waals surface area contributed by atoms with Gasteiger partial charge in [0.05, 0.1) is 29.6 Å². The summed E-state index contributed by atoms with van der Waals surface area (Å²) in [6.45, 7) is 1.76. The van der Waals surface area contributed by atoms with Gasteiger partial charge in [-0.15, -0.1) is 0 Å². The summed E-state index contributed by atoms with van der Waals surface area (Å²) in [6, 6.07) is 7.59. The smallest absolute Gasteiger partial charge is 0.273 e. The molecule has 0 aliphatic carbocycles. The van der Waals surface area contributed by atoms with Crippen LogP contribution in [-0.4, -0.2) is 26.5 Å². The van der Waals surface area contributed by atoms with Crippen LogP contribution in [-0.2, 0) is 13.6 Å². The number of aryl methyl sites for hydroxylation is 2. The number of hydrogen-bond donors (Lipinski definition) is 2. The maximum atomic E-state index is 12.5. The van der Waals surface area contributed by atoms with Crippen molar-refractivity contribution in [2.24, 2.45) is 7.05 Å². The molecule has 2 N–H and O–H groups in total. The van der Waals surface area contributed by atoms with Crippen molar-refractivity contribution in [3.05, 3.63) is 75.5 Å². The van der Waals surface area contributed by atoms with Gasteiger partial charge in [0.2, 0.25) is 0 Å². The van der Waals surface area contributed by atoms with E-state index in [0.717, 1.165) is 0 Å². The number of rotatable bonds is 6. The van der Waals surface area contributed by atoms with Gasteiger partial charge in [-0.2, -0.15) is 5.10 Å². The molecule has 3 rings (SSSR count). The number of carbonyl (C=O) groups excluding carboxylic acids is 2. The van der Waals surface area contributed by atoms with Crippen LogP contribution in [0.15, 0.2) is 47.2 Å². The van der Waals surface area contributed by atoms with Crippen LogP contribution < -0.4 is 10.6 Å². The van der Waals surface area contributed by atoms with Crippen LogP contribution in [0.2, 0.25) is 0 Å². The second-order valence-electron chi connectivity index (χ2n) is 6.00. The summed E-state index contributed by atoms with van der Waals surface area (Å²) < 4.78 is 6.49. The minimum Gasteiger partial charge on any atom is -0.467 e. The molecule has 0 aliphatic heterocycles. The second-order valence-corrected chi connectivity index (χ2v) is 6.00. The van der Waals surface area contributed by atoms with Crippen LogP contribution in [0, 0.1) is 17.0 Å². The van der Waals surface area contributed by atoms with E-state index in [1.807, 2.05) is 0 Å². The molecule has 0 fully saturated rings. The molecule has 3 aromatic rings. The zero-order chi connectivity index (χ0) is 20.3. The third kappa shape index (κ3) is 3.90. The Labute approximate surface area is 159 Å². The quantitative estimate of drug-likeness (QED) is 0.496. The molecular weight excluding hydrogens is 366 g/mol. The molecule has 0 unspecified atom stereocenters. The van der Waals surface area contributed by atoms with E-state index in [0.29, 0.717) is 11.3 Å². The van der Waals surface area contributed by atoms with Gasteiger partial charge in [0, 0.05) is 24.2 Å². The number of benzene rings is 1. The molecule has 0 bridgehead atoms. The SMILES string of the molecule is Cc1ccc(C(=O)Nc2cnn(C)c2C(=O)NCc2ccco2)cc1[N+](=O)[O-]. The molecule has 2 amide bonds. The Hall–Kier alpha value is -3.95. The standard InChI is InChI=1S/C18H17N5O5/c1-11-5-6-12(8-15(11)23(26)27)17(24)21-14-10-20-22(2)16(14)18(25)19-9-13-4-3-7-28-13/h3-8,10H,9H2,1-2H3,(H,19,25)(H,21,24). The van der Waals surface area contributed by atoms with E-state index in [4.69, 9.17) is 4.42 Å². The van der Waals surface area contributed by atoms with Crippen molar-refractivity contribution in [1.29, 1.82) is 0 Å². The lowest BCUT2D eigenvalue weighted by Crippen LogP contribution is -2.26. The lowest BCUT2D eigenvalue weighted by atomic mass is 10.1. The molecule has 2 aromatic heterocycles. The summed E-state index contributed by atoms with van der Waals surface area (Å²) in [4.78, 5) is 35.5. The number of anilines is 1. The Morgan fingerprint density at radius 2 is 2.07 bits per heavy atom. The maximum absolute atomic E-state index is 12.5. The monoisotopic (exact) mass is 383 g/mol. The molecule has 10 heteroatoms. The fraction of sp³-hybridized carbons (Fsp3) is 0.167. The zero-order valence-corrected chi connectivity index (χ0v) is 15.1. The molecule has 0 spiro atoms. The molecule has 0 radical (unpaired) electrons. The third-order valence-corrected chi connectivity index (χ3v) is 4.07. The Kier molecular flexibility index (Phi) is 5.21. The molecule has 28 heavy (non-hydrogen) atoms. The summed E-state index contributed by atoms with van der Waals surface area (Å²) in [7, 11) is 1.56. The van der Waals surface area contributed by atoms with Crippen LogP contribution >= 0.6 is 0 Å². The number of nitrogens with zero attached hydrogens (tertiary/aromatic N) is 3. The predicted molar refractivity (Wildman–Crippen MR) is 98.9 cm³/mol. The van der Waals surface area contributed by atoms with Crippen LogP contribution in [0.4, 0.5) is 11.4 Å². The highest BCUT2D eigenvalue weighted by molar-refractivity contribution is 6.08. The number of aromatic nitrogens is 2. The first-order chi connectivity index (χ1) is 13.4. The Morgan fingerprint density at radius 1 is 1.29 bits per heavy atom. The van der Waals surface area contributed by atoms with Crippen LogP contribution in [0.1, 0.15) is 32.2 Å². The average Bonchev–Trinajstić information content (AvgIpc) is 3.29. The number of nitro benzene ring substituents is 1. The minimum atomic E-state index is -0.587. The van der Waals surface area contributed by atoms with Crippen molar-refractivity contribution in [2.45, 2.75) is 13.5 Å². The molecule has 0 atom stereocenters. The van der Waals surface area contributed by atoms with Crippen molar-refractivity contribution < 1.29 is 18.9 Å². The van der Waals surface area contributed by atoms with Gasteiger partial charge in [0.15, 0.2) is 0 Å². The number of hydrogen-bond acceptors (Lipinski definition) is 6. The third-order valence-electron chi connectivity index (χ3n) is 4.07. The highest BCUT2D eigenvalue weighted by Gasteiger charge is 2.21. The molecule has 1 aromatic carbocycles. The minimum absolute atomic E-state index is 0.100. The largest absolute Gasteiger partial charge is 0.467 e. The highest BCUT2D eigenvalue weighted by Crippen LogP contribution is 2.21. The van der Waals surface area contributed by atoms with Gasteiger partial charge in [-0.05, 0) is 25.1 Å². The summed E-state index contributed by atoms with van der Waals surface area (Å²) in [6.07, 6.45) is 2.83. The van der Waals surface area contributed by atoms with Gasteiger partial charge in [-0.1, -0.05) is 6.07 Å². The van der Waals surface area contributed by atoms with E-state index in [9.17, 15) is 19.7 Å². The van der Waals surface area contributed by atoms with Crippen LogP contribution in [0.5, 0.6) is 0 Å². The van der Waals surface area contributed by atoms with Gasteiger partial charge in [-0.3, -0.25) is 24.4 Å². The fourth-order valence-corrected chi connectivity index (χ4v) is 2.60. The Bertz CT molecular complexity index is 1040. The molecule has 0 saturated heterocycles. The first-order valence-electron chi connectivity index (χ1n) is 8.26. The van der Waals surface area contributed by atoms with Gasteiger partial charge < -0.3 is 15.1 Å². The lowest BCUT2D eigenvalue weighted by Gasteiger charge is -2.09. The van der Waals surface area contributed by atoms with E-state index in [2.05, 4.69) is 15.7 Å². The summed E-state index contributed by atoms with van der Waals surface area (Å²) >= 11 is 0. The molecular formula is C18H17N5O5. The molecule has 10 nitrogen and oxygen atoms in total. The van der Waals surface area contributed by atoms with Crippen molar-refractivity contribution >= 4 is 23.2 Å². The second kappa shape index (κ2) is 7.74. The number of nitro groups is 1. The Morgan fingerprint density at radius 3 is 2.75 bits per heavy atom. The summed E-state index contributed by atoms with van der Waals surface area (Å²) in [5.41, 5.74) is 0.716. The number of furan rings is 1. The predicted octanol–water partition coefficient (Wildman–Crippen LogP) is 2.41. The molecule has 144 valence electrons.